The lowest BCUT2D eigenvalue weighted by molar-refractivity contribution is -0.147. The van der Waals surface area contributed by atoms with Crippen molar-refractivity contribution in [3.8, 4) is 0 Å². The first-order valence-electron chi connectivity index (χ1n) is 7.66. The van der Waals surface area contributed by atoms with Crippen LogP contribution < -0.4 is 5.32 Å². The second-order valence-corrected chi connectivity index (χ2v) is 5.92. The number of carboxylic acids is 1. The van der Waals surface area contributed by atoms with Crippen LogP contribution in [0.25, 0.3) is 0 Å². The summed E-state index contributed by atoms with van der Waals surface area (Å²) in [5.41, 5.74) is -0.805. The van der Waals surface area contributed by atoms with Gasteiger partial charge in [0.25, 0.3) is 0 Å². The molecular formula is C15H30N2O4. The fourth-order valence-electron chi connectivity index (χ4n) is 3.35. The first kappa shape index (κ1) is 18.4. The van der Waals surface area contributed by atoms with Crippen LogP contribution in [-0.2, 0) is 14.3 Å². The Kier molecular flexibility index (Phi) is 7.59. The summed E-state index contributed by atoms with van der Waals surface area (Å²) in [7, 11) is 5.13. The molecule has 3 unspecified atom stereocenters. The SMILES string of the molecule is CNC1(C(=O)O)CCCC(N(CCOC)C(C)COC)C1. The lowest BCUT2D eigenvalue weighted by Gasteiger charge is -2.44. The van der Waals surface area contributed by atoms with Gasteiger partial charge in [-0.05, 0) is 39.7 Å². The monoisotopic (exact) mass is 302 g/mol. The van der Waals surface area contributed by atoms with Gasteiger partial charge in [0.1, 0.15) is 5.54 Å². The lowest BCUT2D eigenvalue weighted by Crippen LogP contribution is -2.58. The summed E-state index contributed by atoms with van der Waals surface area (Å²) in [6.07, 6.45) is 3.25. The number of hydrogen-bond acceptors (Lipinski definition) is 5. The van der Waals surface area contributed by atoms with Crippen LogP contribution in [0.2, 0.25) is 0 Å². The van der Waals surface area contributed by atoms with Gasteiger partial charge in [0.05, 0.1) is 13.2 Å². The maximum atomic E-state index is 11.7. The Bertz CT molecular complexity index is 327. The van der Waals surface area contributed by atoms with Gasteiger partial charge in [-0.3, -0.25) is 9.69 Å². The number of carboxylic acid groups (broad SMARTS) is 1. The molecule has 0 radical (unpaired) electrons. The van der Waals surface area contributed by atoms with E-state index >= 15 is 0 Å². The number of likely N-dealkylation sites (N-methyl/N-ethyl adjacent to an activating group) is 1. The summed E-state index contributed by atoms with van der Waals surface area (Å²) in [6.45, 7) is 4.20. The molecule has 0 heterocycles. The zero-order chi connectivity index (χ0) is 15.9. The van der Waals surface area contributed by atoms with Crippen LogP contribution in [-0.4, -0.2) is 74.6 Å². The van der Waals surface area contributed by atoms with Crippen LogP contribution in [0.4, 0.5) is 0 Å². The van der Waals surface area contributed by atoms with Crippen molar-refractivity contribution in [2.75, 3.05) is 41.0 Å². The molecule has 1 aliphatic carbocycles. The lowest BCUT2D eigenvalue weighted by atomic mass is 9.78. The summed E-state index contributed by atoms with van der Waals surface area (Å²) in [5.74, 6) is -0.749. The Morgan fingerprint density at radius 1 is 1.48 bits per heavy atom. The molecule has 0 saturated heterocycles. The van der Waals surface area contributed by atoms with E-state index in [0.29, 0.717) is 26.1 Å². The molecule has 1 rings (SSSR count). The number of methoxy groups -OCH3 is 2. The van der Waals surface area contributed by atoms with Gasteiger partial charge in [-0.15, -0.1) is 0 Å². The Hall–Kier alpha value is -0.690. The minimum atomic E-state index is -0.805. The van der Waals surface area contributed by atoms with Gasteiger partial charge in [-0.25, -0.2) is 0 Å². The number of carbonyl (C=O) groups is 1. The Balaban J connectivity index is 2.83. The minimum Gasteiger partial charge on any atom is -0.480 e. The maximum absolute atomic E-state index is 11.7. The van der Waals surface area contributed by atoms with Crippen molar-refractivity contribution in [2.24, 2.45) is 0 Å². The predicted molar refractivity (Wildman–Crippen MR) is 81.6 cm³/mol. The third-order valence-electron chi connectivity index (χ3n) is 4.61. The molecule has 1 saturated carbocycles. The standard InChI is InChI=1S/C15H30N2O4/c1-12(11-21-4)17(8-9-20-3)13-6-5-7-15(10-13,16-2)14(18)19/h12-13,16H,5-11H2,1-4H3,(H,18,19). The largest absolute Gasteiger partial charge is 0.480 e. The molecule has 21 heavy (non-hydrogen) atoms. The van der Waals surface area contributed by atoms with Crippen LogP contribution in [0.5, 0.6) is 0 Å². The van der Waals surface area contributed by atoms with Crippen molar-refractivity contribution < 1.29 is 19.4 Å². The summed E-state index contributed by atoms with van der Waals surface area (Å²) in [4.78, 5) is 14.0. The summed E-state index contributed by atoms with van der Waals surface area (Å²) in [5, 5.41) is 12.6. The van der Waals surface area contributed by atoms with E-state index in [1.807, 2.05) is 0 Å². The number of ether oxygens (including phenoxy) is 2. The second kappa shape index (κ2) is 8.68. The third kappa shape index (κ3) is 4.64. The van der Waals surface area contributed by atoms with Crippen LogP contribution in [0.15, 0.2) is 0 Å². The Labute approximate surface area is 127 Å². The van der Waals surface area contributed by atoms with E-state index in [1.54, 1.807) is 21.3 Å². The highest BCUT2D eigenvalue weighted by atomic mass is 16.5. The van der Waals surface area contributed by atoms with Gasteiger partial charge < -0.3 is 19.9 Å². The average molecular weight is 302 g/mol. The zero-order valence-electron chi connectivity index (χ0n) is 13.7. The van der Waals surface area contributed by atoms with Gasteiger partial charge in [0.2, 0.25) is 0 Å². The number of hydrogen-bond donors (Lipinski definition) is 2. The molecule has 124 valence electrons. The van der Waals surface area contributed by atoms with E-state index in [0.717, 1.165) is 19.4 Å². The van der Waals surface area contributed by atoms with Gasteiger partial charge in [0.15, 0.2) is 0 Å². The molecule has 1 fully saturated rings. The van der Waals surface area contributed by atoms with Crippen LogP contribution in [0.1, 0.15) is 32.6 Å². The van der Waals surface area contributed by atoms with Gasteiger partial charge in [-0.1, -0.05) is 0 Å². The van der Waals surface area contributed by atoms with E-state index in [-0.39, 0.29) is 12.1 Å². The van der Waals surface area contributed by atoms with Gasteiger partial charge >= 0.3 is 5.97 Å². The van der Waals surface area contributed by atoms with Crippen molar-refractivity contribution in [3.63, 3.8) is 0 Å². The predicted octanol–water partition coefficient (Wildman–Crippen LogP) is 0.955. The third-order valence-corrected chi connectivity index (χ3v) is 4.61. The molecule has 0 aromatic heterocycles. The van der Waals surface area contributed by atoms with Crippen molar-refractivity contribution >= 4 is 5.97 Å². The molecule has 0 aromatic rings. The molecular weight excluding hydrogens is 272 g/mol. The van der Waals surface area contributed by atoms with Gasteiger partial charge in [-0.2, -0.15) is 0 Å². The molecule has 2 N–H and O–H groups in total. The van der Waals surface area contributed by atoms with Crippen molar-refractivity contribution in [1.29, 1.82) is 0 Å². The van der Waals surface area contributed by atoms with Crippen LogP contribution >= 0.6 is 0 Å². The number of nitrogens with zero attached hydrogens (tertiary/aromatic N) is 1. The molecule has 6 heteroatoms. The second-order valence-electron chi connectivity index (χ2n) is 5.92. The van der Waals surface area contributed by atoms with E-state index in [1.165, 1.54) is 0 Å². The fourth-order valence-corrected chi connectivity index (χ4v) is 3.35. The molecule has 0 aliphatic heterocycles. The smallest absolute Gasteiger partial charge is 0.323 e. The van der Waals surface area contributed by atoms with Crippen molar-refractivity contribution in [1.82, 2.24) is 10.2 Å². The minimum absolute atomic E-state index is 0.239. The molecule has 0 bridgehead atoms. The normalized spacial score (nSPS) is 27.8. The number of rotatable bonds is 9. The van der Waals surface area contributed by atoms with Crippen LogP contribution in [0.3, 0.4) is 0 Å². The summed E-state index contributed by atoms with van der Waals surface area (Å²) < 4.78 is 10.5. The number of aliphatic carboxylic acids is 1. The van der Waals surface area contributed by atoms with E-state index in [2.05, 4.69) is 17.1 Å². The highest BCUT2D eigenvalue weighted by Crippen LogP contribution is 2.32. The highest BCUT2D eigenvalue weighted by molar-refractivity contribution is 5.79. The van der Waals surface area contributed by atoms with Crippen molar-refractivity contribution in [2.45, 2.75) is 50.2 Å². The Morgan fingerprint density at radius 2 is 2.19 bits per heavy atom. The van der Waals surface area contributed by atoms with Gasteiger partial charge in [0, 0.05) is 32.8 Å². The van der Waals surface area contributed by atoms with Crippen molar-refractivity contribution in [3.05, 3.63) is 0 Å². The molecule has 3 atom stereocenters. The molecule has 1 aliphatic rings. The topological polar surface area (TPSA) is 71.0 Å². The van der Waals surface area contributed by atoms with Crippen LogP contribution in [0, 0.1) is 0 Å². The maximum Gasteiger partial charge on any atom is 0.323 e. The summed E-state index contributed by atoms with van der Waals surface area (Å²) in [6, 6.07) is 0.485. The highest BCUT2D eigenvalue weighted by Gasteiger charge is 2.43. The molecule has 0 spiro atoms. The zero-order valence-corrected chi connectivity index (χ0v) is 13.7. The van der Waals surface area contributed by atoms with E-state index in [9.17, 15) is 9.90 Å². The number of nitrogens with one attached hydrogen (secondary N) is 1. The molecule has 0 aromatic carbocycles. The Morgan fingerprint density at radius 3 is 2.71 bits per heavy atom. The molecule has 0 amide bonds. The fraction of sp³-hybridized carbons (Fsp3) is 0.933. The average Bonchev–Trinajstić information content (AvgIpc) is 2.48. The first-order valence-corrected chi connectivity index (χ1v) is 7.66. The van der Waals surface area contributed by atoms with E-state index < -0.39 is 11.5 Å². The van der Waals surface area contributed by atoms with E-state index in [4.69, 9.17) is 9.47 Å². The molecule has 6 nitrogen and oxygen atoms in total. The quantitative estimate of drug-likeness (QED) is 0.661. The first-order chi connectivity index (χ1) is 10.0. The summed E-state index contributed by atoms with van der Waals surface area (Å²) >= 11 is 0.